The second-order valence-electron chi connectivity index (χ2n) is 30.5. The van der Waals surface area contributed by atoms with E-state index in [0.29, 0.717) is 17.4 Å². The molecule has 0 aromatic heterocycles. The third kappa shape index (κ3) is 87.1. The van der Waals surface area contributed by atoms with E-state index in [1.54, 1.807) is 0 Å². The van der Waals surface area contributed by atoms with Crippen LogP contribution in [-0.2, 0) is 32.7 Å². The van der Waals surface area contributed by atoms with Crippen molar-refractivity contribution in [2.45, 2.75) is 405 Å². The molecule has 0 aromatic carbocycles. The third-order valence-electron chi connectivity index (χ3n) is 19.2. The maximum absolute atomic E-state index is 12.9. The van der Waals surface area contributed by atoms with Gasteiger partial charge in [0.1, 0.15) is 19.8 Å². The van der Waals surface area contributed by atoms with E-state index in [4.69, 9.17) is 18.5 Å². The van der Waals surface area contributed by atoms with E-state index in [1.807, 2.05) is 21.1 Å². The number of unbranched alkanes of at least 4 members (excludes halogenated alkanes) is 45. The van der Waals surface area contributed by atoms with Gasteiger partial charge in [-0.05, 0) is 109 Å². The van der Waals surface area contributed by atoms with Crippen LogP contribution in [0.2, 0.25) is 0 Å². The van der Waals surface area contributed by atoms with Gasteiger partial charge in [-0.3, -0.25) is 14.2 Å². The molecule has 9 nitrogen and oxygen atoms in total. The van der Waals surface area contributed by atoms with Crippen LogP contribution >= 0.6 is 7.82 Å². The number of carbonyl (C=O) groups excluding carboxylic acids is 2. The first kappa shape index (κ1) is 100. The largest absolute Gasteiger partial charge is 0.756 e. The van der Waals surface area contributed by atoms with Crippen LogP contribution in [0.3, 0.4) is 0 Å². The summed E-state index contributed by atoms with van der Waals surface area (Å²) < 4.78 is 34.5. The van der Waals surface area contributed by atoms with Crippen molar-refractivity contribution in [2.75, 3.05) is 47.5 Å². The van der Waals surface area contributed by atoms with Gasteiger partial charge in [0.05, 0.1) is 27.7 Å². The fraction of sp³-hybridized carbons (Fsp3) is 0.745. The van der Waals surface area contributed by atoms with Crippen molar-refractivity contribution in [2.24, 2.45) is 0 Å². The number of allylic oxidation sites excluding steroid dienone is 22. The van der Waals surface area contributed by atoms with Gasteiger partial charge in [0, 0.05) is 12.8 Å². The van der Waals surface area contributed by atoms with E-state index in [-0.39, 0.29) is 32.0 Å². The van der Waals surface area contributed by atoms with Crippen molar-refractivity contribution >= 4 is 19.8 Å². The molecule has 0 aliphatic heterocycles. The Labute approximate surface area is 644 Å². The van der Waals surface area contributed by atoms with Crippen LogP contribution < -0.4 is 4.89 Å². The molecule has 0 aliphatic rings. The van der Waals surface area contributed by atoms with Crippen LogP contribution in [0.15, 0.2) is 134 Å². The van der Waals surface area contributed by atoms with Crippen molar-refractivity contribution < 1.29 is 42.1 Å². The second kappa shape index (κ2) is 83.2. The second-order valence-corrected chi connectivity index (χ2v) is 31.9. The number of nitrogens with zero attached hydrogens (tertiary/aromatic N) is 1. The Hall–Kier alpha value is -3.85. The van der Waals surface area contributed by atoms with Crippen molar-refractivity contribution in [1.82, 2.24) is 0 Å². The molecule has 2 unspecified atom stereocenters. The van der Waals surface area contributed by atoms with Gasteiger partial charge >= 0.3 is 11.9 Å². The molecule has 600 valence electrons. The van der Waals surface area contributed by atoms with E-state index in [2.05, 4.69) is 148 Å². The Morgan fingerprint density at radius 2 is 0.519 bits per heavy atom. The number of hydrogen-bond acceptors (Lipinski definition) is 8. The topological polar surface area (TPSA) is 111 Å². The SMILES string of the molecule is CC/C=C\C/C=C\C/C=C\C/C=C\C/C=C\C/C=C\CCCCCCCCCCCCCCCCCCCCCCCCC(=O)OC(COC(=O)CCCCCCCCCCCCCCCCCCCCCCCCC/C=C\C/C=C\C/C=C\C/C=C\C/C=C\CC)COP(=O)([O-])OCC[N+](C)(C)C. The summed E-state index contributed by atoms with van der Waals surface area (Å²) in [6, 6.07) is 0. The molecule has 10 heteroatoms. The molecule has 0 amide bonds. The number of hydrogen-bond donors (Lipinski definition) is 0. The smallest absolute Gasteiger partial charge is 0.306 e. The maximum Gasteiger partial charge on any atom is 0.306 e. The molecule has 0 spiro atoms. The van der Waals surface area contributed by atoms with Gasteiger partial charge in [-0.15, -0.1) is 0 Å². The minimum Gasteiger partial charge on any atom is -0.756 e. The minimum absolute atomic E-state index is 0.0312. The molecule has 0 N–H and O–H groups in total. The summed E-state index contributed by atoms with van der Waals surface area (Å²) >= 11 is 0. The minimum atomic E-state index is -4.65. The van der Waals surface area contributed by atoms with Gasteiger partial charge in [0.2, 0.25) is 0 Å². The van der Waals surface area contributed by atoms with Crippen LogP contribution in [-0.4, -0.2) is 70.0 Å². The molecule has 0 aromatic rings. The summed E-state index contributed by atoms with van der Waals surface area (Å²) in [5.41, 5.74) is 0. The molecule has 0 fully saturated rings. The quantitative estimate of drug-likeness (QED) is 0.0195. The van der Waals surface area contributed by atoms with Crippen molar-refractivity contribution in [3.05, 3.63) is 134 Å². The summed E-state index contributed by atoms with van der Waals surface area (Å²) in [7, 11) is 1.18. The lowest BCUT2D eigenvalue weighted by Gasteiger charge is -2.28. The highest BCUT2D eigenvalue weighted by molar-refractivity contribution is 7.45. The standard InChI is InChI=1S/C94H166NO8P/c1-6-8-10-12-14-16-18-20-22-24-26-28-30-32-34-36-38-40-42-44-46-47-49-51-53-55-57-59-61-63-65-67-69-71-73-75-77-79-81-83-85-87-94(97)103-92(91-102-104(98,99)101-89-88-95(3,4)5)90-100-93(96)86-84-82-80-78-76-74-72-70-68-66-64-62-60-58-56-54-52-50-48-45-43-41-39-37-35-33-31-29-27-25-23-21-19-17-15-13-11-9-7-2/h8-11,14-17,20-23,26-29,32-35,38,40,92H,6-7,12-13,18-19,24-25,30-31,36-37,39,41-91H2,1-5H3/b10-8-,11-9-,16-14-,17-15-,22-20-,23-21-,28-26-,29-27-,34-32-,35-33-,40-38-. The zero-order valence-electron chi connectivity index (χ0n) is 68.7. The fourth-order valence-electron chi connectivity index (χ4n) is 12.6. The molecule has 0 aliphatic carbocycles. The number of rotatable bonds is 81. The molecule has 0 bridgehead atoms. The Balaban J connectivity index is 3.89. The number of likely N-dealkylation sites (N-methyl/N-ethyl adjacent to an activating group) is 1. The van der Waals surface area contributed by atoms with Crippen molar-refractivity contribution in [3.8, 4) is 0 Å². The summed E-state index contributed by atoms with van der Waals surface area (Å²) in [5.74, 6) is -0.815. The predicted octanol–water partition coefficient (Wildman–Crippen LogP) is 29.2. The third-order valence-corrected chi connectivity index (χ3v) is 20.1. The Kier molecular flexibility index (Phi) is 80.1. The first-order chi connectivity index (χ1) is 51.0. The van der Waals surface area contributed by atoms with Crippen LogP contribution in [0, 0.1) is 0 Å². The average molecular weight is 1470 g/mol. The zero-order chi connectivity index (χ0) is 75.4. The lowest BCUT2D eigenvalue weighted by molar-refractivity contribution is -0.870. The van der Waals surface area contributed by atoms with E-state index in [0.717, 1.165) is 109 Å². The Morgan fingerprint density at radius 3 is 0.769 bits per heavy atom. The monoisotopic (exact) mass is 1470 g/mol. The van der Waals surface area contributed by atoms with Gasteiger partial charge < -0.3 is 27.9 Å². The van der Waals surface area contributed by atoms with Crippen LogP contribution in [0.25, 0.3) is 0 Å². The molecule has 104 heavy (non-hydrogen) atoms. The van der Waals surface area contributed by atoms with Crippen LogP contribution in [0.5, 0.6) is 0 Å². The first-order valence-electron chi connectivity index (χ1n) is 43.9. The summed E-state index contributed by atoms with van der Waals surface area (Å²) in [6.45, 7) is 4.06. The molecular formula is C94H166NO8P. The summed E-state index contributed by atoms with van der Waals surface area (Å²) in [5, 5.41) is 0. The highest BCUT2D eigenvalue weighted by Gasteiger charge is 2.22. The number of quaternary nitrogens is 1. The fourth-order valence-corrected chi connectivity index (χ4v) is 13.3. The maximum atomic E-state index is 12.9. The number of ether oxygens (including phenoxy) is 2. The zero-order valence-corrected chi connectivity index (χ0v) is 69.6. The highest BCUT2D eigenvalue weighted by atomic mass is 31.2. The summed E-state index contributed by atoms with van der Waals surface area (Å²) in [4.78, 5) is 38.3. The molecule has 0 rings (SSSR count). The van der Waals surface area contributed by atoms with Gasteiger partial charge in [0.25, 0.3) is 7.82 Å². The van der Waals surface area contributed by atoms with E-state index in [1.165, 1.54) is 257 Å². The molecule has 0 saturated carbocycles. The van der Waals surface area contributed by atoms with E-state index < -0.39 is 26.5 Å². The summed E-state index contributed by atoms with van der Waals surface area (Å²) in [6.07, 6.45) is 122. The van der Waals surface area contributed by atoms with Crippen molar-refractivity contribution in [3.63, 3.8) is 0 Å². The van der Waals surface area contributed by atoms with Crippen LogP contribution in [0.4, 0.5) is 0 Å². The lowest BCUT2D eigenvalue weighted by Crippen LogP contribution is -2.37. The van der Waals surface area contributed by atoms with Crippen molar-refractivity contribution in [1.29, 1.82) is 0 Å². The van der Waals surface area contributed by atoms with Gasteiger partial charge in [0.15, 0.2) is 6.10 Å². The van der Waals surface area contributed by atoms with Gasteiger partial charge in [-0.25, -0.2) is 0 Å². The average Bonchev–Trinajstić information content (AvgIpc) is 0.920. The number of phosphoric acid groups is 1. The number of carbonyl (C=O) groups is 2. The van der Waals surface area contributed by atoms with Gasteiger partial charge in [-0.1, -0.05) is 411 Å². The number of phosphoric ester groups is 1. The lowest BCUT2D eigenvalue weighted by atomic mass is 10.0. The first-order valence-corrected chi connectivity index (χ1v) is 45.4. The van der Waals surface area contributed by atoms with E-state index in [9.17, 15) is 19.0 Å². The Morgan fingerprint density at radius 1 is 0.298 bits per heavy atom. The molecule has 0 radical (unpaired) electrons. The normalized spacial score (nSPS) is 13.6. The Bertz CT molecular complexity index is 2230. The molecule has 2 atom stereocenters. The molecule has 0 saturated heterocycles. The van der Waals surface area contributed by atoms with Crippen LogP contribution in [0.1, 0.15) is 399 Å². The van der Waals surface area contributed by atoms with E-state index >= 15 is 0 Å². The predicted molar refractivity (Wildman–Crippen MR) is 452 cm³/mol. The highest BCUT2D eigenvalue weighted by Crippen LogP contribution is 2.38. The number of esters is 2. The van der Waals surface area contributed by atoms with Gasteiger partial charge in [-0.2, -0.15) is 0 Å². The molecule has 0 heterocycles. The molecular weight excluding hydrogens is 1300 g/mol.